The number of hydrogen-bond donors (Lipinski definition) is 2. The molecule has 0 fully saturated rings. The van der Waals surface area contributed by atoms with E-state index in [-0.39, 0.29) is 12.3 Å². The van der Waals surface area contributed by atoms with Crippen molar-refractivity contribution in [3.8, 4) is 5.75 Å². The first-order valence-corrected chi connectivity index (χ1v) is 6.84. The summed E-state index contributed by atoms with van der Waals surface area (Å²) < 4.78 is 5.11. The van der Waals surface area contributed by atoms with Crippen LogP contribution in [0.15, 0.2) is 18.2 Å². The van der Waals surface area contributed by atoms with Crippen molar-refractivity contribution < 1.29 is 14.3 Å². The molecular formula is C14H19ClN2O3. The largest absolute Gasteiger partial charge is 0.495 e. The molecule has 0 aliphatic heterocycles. The van der Waals surface area contributed by atoms with Crippen LogP contribution in [0.4, 0.5) is 5.69 Å². The smallest absolute Gasteiger partial charge is 0.233 e. The van der Waals surface area contributed by atoms with Gasteiger partial charge < -0.3 is 15.4 Å². The second kappa shape index (κ2) is 8.43. The highest BCUT2D eigenvalue weighted by Crippen LogP contribution is 2.27. The number of nitrogens with one attached hydrogen (secondary N) is 2. The standard InChI is InChI=1S/C14H19ClN2O3/c1-3-4-7-16-13(18)9-14(19)17-11-8-10(15)5-6-12(11)20-2/h5-6,8H,3-4,7,9H2,1-2H3,(H,16,18)(H,17,19). The van der Waals surface area contributed by atoms with Crippen molar-refractivity contribution in [2.75, 3.05) is 19.0 Å². The molecule has 2 N–H and O–H groups in total. The fraction of sp³-hybridized carbons (Fsp3) is 0.429. The number of unbranched alkanes of at least 4 members (excludes halogenated alkanes) is 1. The predicted molar refractivity (Wildman–Crippen MR) is 79.2 cm³/mol. The summed E-state index contributed by atoms with van der Waals surface area (Å²) in [5.41, 5.74) is 0.450. The van der Waals surface area contributed by atoms with Gasteiger partial charge in [0, 0.05) is 11.6 Å². The second-order valence-electron chi connectivity index (χ2n) is 4.27. The van der Waals surface area contributed by atoms with Crippen LogP contribution in [0.5, 0.6) is 5.75 Å². The third kappa shape index (κ3) is 5.48. The molecule has 0 aliphatic rings. The van der Waals surface area contributed by atoms with E-state index in [1.54, 1.807) is 18.2 Å². The average Bonchev–Trinajstić information content (AvgIpc) is 2.39. The number of hydrogen-bond acceptors (Lipinski definition) is 3. The molecule has 0 unspecified atom stereocenters. The summed E-state index contributed by atoms with van der Waals surface area (Å²) >= 11 is 5.86. The van der Waals surface area contributed by atoms with E-state index in [2.05, 4.69) is 10.6 Å². The number of benzene rings is 1. The van der Waals surface area contributed by atoms with Crippen molar-refractivity contribution >= 4 is 29.1 Å². The van der Waals surface area contributed by atoms with E-state index in [4.69, 9.17) is 16.3 Å². The third-order valence-corrected chi connectivity index (χ3v) is 2.84. The maximum Gasteiger partial charge on any atom is 0.233 e. The van der Waals surface area contributed by atoms with Gasteiger partial charge >= 0.3 is 0 Å². The molecule has 0 saturated heterocycles. The van der Waals surface area contributed by atoms with Gasteiger partial charge in [-0.2, -0.15) is 0 Å². The quantitative estimate of drug-likeness (QED) is 0.600. The zero-order valence-electron chi connectivity index (χ0n) is 11.7. The van der Waals surface area contributed by atoms with Crippen molar-refractivity contribution in [1.82, 2.24) is 5.32 Å². The third-order valence-electron chi connectivity index (χ3n) is 2.61. The molecule has 0 radical (unpaired) electrons. The predicted octanol–water partition coefficient (Wildman–Crippen LogP) is 2.59. The molecule has 5 nitrogen and oxygen atoms in total. The van der Waals surface area contributed by atoms with Crippen molar-refractivity contribution in [3.05, 3.63) is 23.2 Å². The Balaban J connectivity index is 2.53. The van der Waals surface area contributed by atoms with Crippen LogP contribution in [0.1, 0.15) is 26.2 Å². The first-order chi connectivity index (χ1) is 9.56. The van der Waals surface area contributed by atoms with E-state index >= 15 is 0 Å². The molecule has 0 saturated carbocycles. The Hall–Kier alpha value is -1.75. The molecule has 0 aliphatic carbocycles. The van der Waals surface area contributed by atoms with Gasteiger partial charge in [-0.1, -0.05) is 24.9 Å². The van der Waals surface area contributed by atoms with Gasteiger partial charge in [-0.25, -0.2) is 0 Å². The molecule has 0 bridgehead atoms. The van der Waals surface area contributed by atoms with Crippen LogP contribution in [-0.4, -0.2) is 25.5 Å². The Kier molecular flexibility index (Phi) is 6.87. The lowest BCUT2D eigenvalue weighted by molar-refractivity contribution is -0.126. The molecule has 110 valence electrons. The SMILES string of the molecule is CCCCNC(=O)CC(=O)Nc1cc(Cl)ccc1OC. The van der Waals surface area contributed by atoms with Crippen LogP contribution >= 0.6 is 11.6 Å². The summed E-state index contributed by atoms with van der Waals surface area (Å²) in [7, 11) is 1.50. The average molecular weight is 299 g/mol. The number of methoxy groups -OCH3 is 1. The van der Waals surface area contributed by atoms with E-state index in [0.717, 1.165) is 12.8 Å². The Morgan fingerprint density at radius 3 is 2.70 bits per heavy atom. The summed E-state index contributed by atoms with van der Waals surface area (Å²) in [4.78, 5) is 23.3. The van der Waals surface area contributed by atoms with Crippen molar-refractivity contribution in [3.63, 3.8) is 0 Å². The Morgan fingerprint density at radius 1 is 1.30 bits per heavy atom. The first-order valence-electron chi connectivity index (χ1n) is 6.47. The molecule has 0 heterocycles. The molecule has 0 aromatic heterocycles. The Morgan fingerprint density at radius 2 is 2.05 bits per heavy atom. The summed E-state index contributed by atoms with van der Waals surface area (Å²) in [6, 6.07) is 4.89. The number of amides is 2. The lowest BCUT2D eigenvalue weighted by Gasteiger charge is -2.10. The van der Waals surface area contributed by atoms with Gasteiger partial charge in [0.1, 0.15) is 12.2 Å². The fourth-order valence-corrected chi connectivity index (χ4v) is 1.76. The first kappa shape index (κ1) is 16.3. The highest BCUT2D eigenvalue weighted by Gasteiger charge is 2.12. The molecule has 6 heteroatoms. The number of anilines is 1. The van der Waals surface area contributed by atoms with Crippen molar-refractivity contribution in [1.29, 1.82) is 0 Å². The Bertz CT molecular complexity index is 477. The maximum absolute atomic E-state index is 11.8. The van der Waals surface area contributed by atoms with Gasteiger partial charge in [0.2, 0.25) is 11.8 Å². The number of rotatable bonds is 7. The molecular weight excluding hydrogens is 280 g/mol. The molecule has 1 rings (SSSR count). The van der Waals surface area contributed by atoms with Crippen molar-refractivity contribution in [2.45, 2.75) is 26.2 Å². The lowest BCUT2D eigenvalue weighted by atomic mass is 10.2. The molecule has 0 spiro atoms. The second-order valence-corrected chi connectivity index (χ2v) is 4.71. The van der Waals surface area contributed by atoms with E-state index in [0.29, 0.717) is 23.0 Å². The number of halogens is 1. The van der Waals surface area contributed by atoms with Gasteiger partial charge in [-0.3, -0.25) is 9.59 Å². The summed E-state index contributed by atoms with van der Waals surface area (Å²) in [6.45, 7) is 2.62. The molecule has 1 aromatic carbocycles. The zero-order chi connectivity index (χ0) is 15.0. The molecule has 2 amide bonds. The fourth-order valence-electron chi connectivity index (χ4n) is 1.59. The highest BCUT2D eigenvalue weighted by molar-refractivity contribution is 6.31. The van der Waals surface area contributed by atoms with Crippen molar-refractivity contribution in [2.24, 2.45) is 0 Å². The maximum atomic E-state index is 11.8. The summed E-state index contributed by atoms with van der Waals surface area (Å²) in [5, 5.41) is 5.78. The van der Waals surface area contributed by atoms with Crippen LogP contribution < -0.4 is 15.4 Å². The van der Waals surface area contributed by atoms with Gasteiger partial charge in [0.05, 0.1) is 12.8 Å². The van der Waals surface area contributed by atoms with E-state index < -0.39 is 5.91 Å². The normalized spacial score (nSPS) is 9.95. The Labute approximate surface area is 123 Å². The van der Waals surface area contributed by atoms with Gasteiger partial charge in [-0.15, -0.1) is 0 Å². The van der Waals surface area contributed by atoms with Crippen LogP contribution in [0.25, 0.3) is 0 Å². The van der Waals surface area contributed by atoms with E-state index in [1.165, 1.54) is 7.11 Å². The number of carbonyl (C=O) groups is 2. The zero-order valence-corrected chi connectivity index (χ0v) is 12.4. The molecule has 1 aromatic rings. The van der Waals surface area contributed by atoms with Gasteiger partial charge in [-0.05, 0) is 24.6 Å². The van der Waals surface area contributed by atoms with Crippen LogP contribution in [0.2, 0.25) is 5.02 Å². The number of ether oxygens (including phenoxy) is 1. The molecule has 20 heavy (non-hydrogen) atoms. The highest BCUT2D eigenvalue weighted by atomic mass is 35.5. The van der Waals surface area contributed by atoms with Crippen LogP contribution in [-0.2, 0) is 9.59 Å². The summed E-state index contributed by atoms with van der Waals surface area (Å²) in [5.74, 6) is -0.203. The summed E-state index contributed by atoms with van der Waals surface area (Å²) in [6.07, 6.45) is 1.67. The lowest BCUT2D eigenvalue weighted by Crippen LogP contribution is -2.28. The topological polar surface area (TPSA) is 67.4 Å². The minimum absolute atomic E-state index is 0.223. The van der Waals surface area contributed by atoms with Gasteiger partial charge in [0.15, 0.2) is 0 Å². The van der Waals surface area contributed by atoms with Crippen LogP contribution in [0.3, 0.4) is 0 Å². The van der Waals surface area contributed by atoms with Gasteiger partial charge in [0.25, 0.3) is 0 Å². The minimum Gasteiger partial charge on any atom is -0.495 e. The minimum atomic E-state index is -0.403. The van der Waals surface area contributed by atoms with Crippen LogP contribution in [0, 0.1) is 0 Å². The van der Waals surface area contributed by atoms with E-state index in [9.17, 15) is 9.59 Å². The molecule has 0 atom stereocenters. The number of carbonyl (C=O) groups excluding carboxylic acids is 2. The van der Waals surface area contributed by atoms with E-state index in [1.807, 2.05) is 6.92 Å². The monoisotopic (exact) mass is 298 g/mol.